The normalized spacial score (nSPS) is 11.2. The number of nitrogens with one attached hydrogen (secondary N) is 1. The first kappa shape index (κ1) is 16.6. The number of nitrogens with zero attached hydrogens (tertiary/aromatic N) is 1. The van der Waals surface area contributed by atoms with Crippen LogP contribution >= 0.6 is 0 Å². The molecule has 0 saturated heterocycles. The zero-order valence-electron chi connectivity index (χ0n) is 11.2. The first-order valence-corrected chi connectivity index (χ1v) is 7.76. The van der Waals surface area contributed by atoms with Crippen molar-refractivity contribution in [3.8, 4) is 6.07 Å². The molecule has 0 aromatic heterocycles. The second kappa shape index (κ2) is 7.94. The van der Waals surface area contributed by atoms with E-state index in [9.17, 15) is 12.8 Å². The van der Waals surface area contributed by atoms with Crippen LogP contribution in [0.3, 0.4) is 0 Å². The molecular weight excluding hydrogens is 283 g/mol. The fourth-order valence-electron chi connectivity index (χ4n) is 1.44. The van der Waals surface area contributed by atoms with Gasteiger partial charge in [0.25, 0.3) is 0 Å². The smallest absolute Gasteiger partial charge is 0.240 e. The monoisotopic (exact) mass is 300 g/mol. The van der Waals surface area contributed by atoms with E-state index in [2.05, 4.69) is 4.72 Å². The van der Waals surface area contributed by atoms with Crippen molar-refractivity contribution in [2.24, 2.45) is 0 Å². The van der Waals surface area contributed by atoms with Crippen LogP contribution in [0.4, 0.5) is 4.39 Å². The van der Waals surface area contributed by atoms with Crippen LogP contribution in [0.2, 0.25) is 0 Å². The van der Waals surface area contributed by atoms with Crippen LogP contribution in [0.15, 0.2) is 23.1 Å². The summed E-state index contributed by atoms with van der Waals surface area (Å²) in [5.41, 5.74) is -0.299. The zero-order chi connectivity index (χ0) is 15.0. The van der Waals surface area contributed by atoms with Gasteiger partial charge in [-0.05, 0) is 24.6 Å². The summed E-state index contributed by atoms with van der Waals surface area (Å²) < 4.78 is 44.5. The Kier molecular flexibility index (Phi) is 6.58. The van der Waals surface area contributed by atoms with Gasteiger partial charge in [0.1, 0.15) is 11.9 Å². The summed E-state index contributed by atoms with van der Waals surface area (Å²) in [4.78, 5) is -0.135. The van der Waals surface area contributed by atoms with Crippen LogP contribution in [-0.2, 0) is 14.8 Å². The minimum atomic E-state index is -3.75. The van der Waals surface area contributed by atoms with E-state index >= 15 is 0 Å². The molecule has 7 heteroatoms. The third-order valence-corrected chi connectivity index (χ3v) is 4.01. The highest BCUT2D eigenvalue weighted by atomic mass is 32.2. The molecule has 1 rings (SSSR count). The van der Waals surface area contributed by atoms with Gasteiger partial charge in [-0.2, -0.15) is 5.26 Å². The van der Waals surface area contributed by atoms with E-state index in [4.69, 9.17) is 10.00 Å². The topological polar surface area (TPSA) is 79.2 Å². The number of benzene rings is 1. The van der Waals surface area contributed by atoms with Crippen molar-refractivity contribution in [1.29, 1.82) is 5.26 Å². The number of rotatable bonds is 8. The van der Waals surface area contributed by atoms with Gasteiger partial charge in [-0.3, -0.25) is 0 Å². The van der Waals surface area contributed by atoms with Crippen LogP contribution in [0.1, 0.15) is 25.3 Å². The molecule has 1 aromatic carbocycles. The Morgan fingerprint density at radius 1 is 1.40 bits per heavy atom. The molecule has 0 spiro atoms. The molecular formula is C13H17FN2O3S. The van der Waals surface area contributed by atoms with Crippen molar-refractivity contribution in [2.45, 2.75) is 24.7 Å². The van der Waals surface area contributed by atoms with Gasteiger partial charge >= 0.3 is 0 Å². The van der Waals surface area contributed by atoms with Crippen molar-refractivity contribution < 1.29 is 17.5 Å². The molecule has 0 amide bonds. The van der Waals surface area contributed by atoms with Crippen LogP contribution in [0, 0.1) is 17.1 Å². The molecule has 0 heterocycles. The van der Waals surface area contributed by atoms with Crippen molar-refractivity contribution in [1.82, 2.24) is 4.72 Å². The van der Waals surface area contributed by atoms with Crippen LogP contribution in [0.25, 0.3) is 0 Å². The minimum Gasteiger partial charge on any atom is -0.380 e. The lowest BCUT2D eigenvalue weighted by Gasteiger charge is -2.07. The summed E-state index contributed by atoms with van der Waals surface area (Å²) in [7, 11) is -3.75. The first-order valence-electron chi connectivity index (χ1n) is 6.28. The highest BCUT2D eigenvalue weighted by Gasteiger charge is 2.15. The second-order valence-corrected chi connectivity index (χ2v) is 5.88. The predicted molar refractivity (Wildman–Crippen MR) is 72.0 cm³/mol. The Morgan fingerprint density at radius 3 is 2.80 bits per heavy atom. The molecule has 0 bridgehead atoms. The Morgan fingerprint density at radius 2 is 2.15 bits per heavy atom. The van der Waals surface area contributed by atoms with Gasteiger partial charge in [-0.25, -0.2) is 17.5 Å². The first-order chi connectivity index (χ1) is 9.51. The summed E-state index contributed by atoms with van der Waals surface area (Å²) >= 11 is 0. The van der Waals surface area contributed by atoms with E-state index in [1.54, 1.807) is 6.07 Å². The fourth-order valence-corrected chi connectivity index (χ4v) is 2.48. The van der Waals surface area contributed by atoms with E-state index in [-0.39, 0.29) is 23.6 Å². The molecule has 0 aliphatic carbocycles. The van der Waals surface area contributed by atoms with E-state index in [1.165, 1.54) is 0 Å². The molecule has 0 aliphatic heterocycles. The number of hydrogen-bond acceptors (Lipinski definition) is 4. The molecule has 1 N–H and O–H groups in total. The Balaban J connectivity index is 2.59. The summed E-state index contributed by atoms with van der Waals surface area (Å²) in [6.45, 7) is 3.03. The summed E-state index contributed by atoms with van der Waals surface area (Å²) in [6, 6.07) is 4.70. The fraction of sp³-hybridized carbons (Fsp3) is 0.462. The van der Waals surface area contributed by atoms with Gasteiger partial charge < -0.3 is 4.74 Å². The molecule has 0 radical (unpaired) electrons. The van der Waals surface area contributed by atoms with Gasteiger partial charge in [0.2, 0.25) is 10.0 Å². The van der Waals surface area contributed by atoms with Crippen molar-refractivity contribution in [2.75, 3.05) is 19.8 Å². The average molecular weight is 300 g/mol. The summed E-state index contributed by atoms with van der Waals surface area (Å²) in [6.07, 6.45) is 1.94. The standard InChI is InChI=1S/C13H17FN2O3S/c1-2-3-7-19-8-6-16-20(17,18)12-4-5-13(14)11(9-12)10-15/h4-5,9,16H,2-3,6-8H2,1H3. The lowest BCUT2D eigenvalue weighted by atomic mass is 10.2. The number of hydrogen-bond donors (Lipinski definition) is 1. The molecule has 110 valence electrons. The lowest BCUT2D eigenvalue weighted by Crippen LogP contribution is -2.27. The summed E-state index contributed by atoms with van der Waals surface area (Å²) in [5, 5.41) is 8.68. The number of ether oxygens (including phenoxy) is 1. The Bertz CT molecular complexity index is 582. The summed E-state index contributed by atoms with van der Waals surface area (Å²) in [5.74, 6) is -0.741. The van der Waals surface area contributed by atoms with Crippen molar-refractivity contribution in [3.05, 3.63) is 29.6 Å². The molecule has 0 aliphatic rings. The van der Waals surface area contributed by atoms with E-state index in [1.807, 2.05) is 6.92 Å². The van der Waals surface area contributed by atoms with Gasteiger partial charge in [0, 0.05) is 13.2 Å². The van der Waals surface area contributed by atoms with E-state index in [0.717, 1.165) is 31.0 Å². The predicted octanol–water partition coefficient (Wildman–Crippen LogP) is 1.79. The maximum Gasteiger partial charge on any atom is 0.240 e. The third-order valence-electron chi connectivity index (χ3n) is 2.55. The minimum absolute atomic E-state index is 0.130. The molecule has 0 unspecified atom stereocenters. The number of sulfonamides is 1. The molecule has 20 heavy (non-hydrogen) atoms. The average Bonchev–Trinajstić information content (AvgIpc) is 2.43. The molecule has 1 aromatic rings. The van der Waals surface area contributed by atoms with Crippen LogP contribution < -0.4 is 4.72 Å². The van der Waals surface area contributed by atoms with Crippen molar-refractivity contribution >= 4 is 10.0 Å². The molecule has 0 atom stereocenters. The zero-order valence-corrected chi connectivity index (χ0v) is 12.0. The van der Waals surface area contributed by atoms with E-state index < -0.39 is 15.8 Å². The molecule has 5 nitrogen and oxygen atoms in total. The number of unbranched alkanes of at least 4 members (excludes halogenated alkanes) is 1. The quantitative estimate of drug-likeness (QED) is 0.742. The third kappa shape index (κ3) is 4.89. The molecule has 0 saturated carbocycles. The van der Waals surface area contributed by atoms with Gasteiger partial charge in [0.05, 0.1) is 17.1 Å². The van der Waals surface area contributed by atoms with Gasteiger partial charge in [-0.15, -0.1) is 0 Å². The second-order valence-electron chi connectivity index (χ2n) is 4.12. The Hall–Kier alpha value is -1.49. The maximum atomic E-state index is 13.1. The van der Waals surface area contributed by atoms with Crippen molar-refractivity contribution in [3.63, 3.8) is 0 Å². The number of nitriles is 1. The highest BCUT2D eigenvalue weighted by Crippen LogP contribution is 2.14. The van der Waals surface area contributed by atoms with E-state index in [0.29, 0.717) is 6.61 Å². The van der Waals surface area contributed by atoms with Crippen LogP contribution in [0.5, 0.6) is 0 Å². The largest absolute Gasteiger partial charge is 0.380 e. The molecule has 0 fully saturated rings. The Labute approximate surface area is 118 Å². The lowest BCUT2D eigenvalue weighted by molar-refractivity contribution is 0.136. The maximum absolute atomic E-state index is 13.1. The SMILES string of the molecule is CCCCOCCNS(=O)(=O)c1ccc(F)c(C#N)c1. The van der Waals surface area contributed by atoms with Gasteiger partial charge in [-0.1, -0.05) is 13.3 Å². The van der Waals surface area contributed by atoms with Gasteiger partial charge in [0.15, 0.2) is 0 Å². The highest BCUT2D eigenvalue weighted by molar-refractivity contribution is 7.89. The number of halogens is 1. The van der Waals surface area contributed by atoms with Crippen LogP contribution in [-0.4, -0.2) is 28.2 Å².